The summed E-state index contributed by atoms with van der Waals surface area (Å²) in [5, 5.41) is 0.0802. The lowest BCUT2D eigenvalue weighted by molar-refractivity contribution is 0.226. The van der Waals surface area contributed by atoms with Crippen molar-refractivity contribution in [3.05, 3.63) is 34.6 Å². The van der Waals surface area contributed by atoms with Crippen LogP contribution in [-0.2, 0) is 4.74 Å². The van der Waals surface area contributed by atoms with Crippen LogP contribution < -0.4 is 5.73 Å². The second kappa shape index (κ2) is 3.46. The Morgan fingerprint density at radius 2 is 2.36 bits per heavy atom. The maximum atomic E-state index is 12.8. The van der Waals surface area contributed by atoms with Gasteiger partial charge in [-0.15, -0.1) is 0 Å². The number of nitrogens with two attached hydrogens (primary N) is 1. The van der Waals surface area contributed by atoms with Crippen molar-refractivity contribution in [1.82, 2.24) is 0 Å². The van der Waals surface area contributed by atoms with E-state index in [-0.39, 0.29) is 17.1 Å². The molecule has 0 aromatic heterocycles. The normalized spacial score (nSPS) is 20.4. The molecule has 0 amide bonds. The molecule has 14 heavy (non-hydrogen) atoms. The summed E-state index contributed by atoms with van der Waals surface area (Å²) in [4.78, 5) is 3.88. The fraction of sp³-hybridized carbons (Fsp3) is 0.222. The Morgan fingerprint density at radius 1 is 1.57 bits per heavy atom. The van der Waals surface area contributed by atoms with Gasteiger partial charge in [0.05, 0.1) is 11.6 Å². The van der Waals surface area contributed by atoms with E-state index in [0.29, 0.717) is 6.54 Å². The predicted molar refractivity (Wildman–Crippen MR) is 51.7 cm³/mol. The molecule has 2 N–H and O–H groups in total. The molecule has 1 aromatic carbocycles. The van der Waals surface area contributed by atoms with Crippen LogP contribution >= 0.6 is 11.6 Å². The van der Waals surface area contributed by atoms with Crippen LogP contribution in [0.15, 0.2) is 23.2 Å². The molecule has 1 aliphatic rings. The van der Waals surface area contributed by atoms with Gasteiger partial charge >= 0.3 is 0 Å². The Balaban J connectivity index is 2.22. The van der Waals surface area contributed by atoms with Crippen molar-refractivity contribution in [2.45, 2.75) is 6.10 Å². The van der Waals surface area contributed by atoms with Crippen LogP contribution in [0.3, 0.4) is 0 Å². The fourth-order valence-electron chi connectivity index (χ4n) is 1.28. The average molecular weight is 215 g/mol. The number of rotatable bonds is 1. The summed E-state index contributed by atoms with van der Waals surface area (Å²) >= 11 is 5.63. The molecule has 0 fully saturated rings. The van der Waals surface area contributed by atoms with Crippen molar-refractivity contribution in [2.24, 2.45) is 10.7 Å². The molecule has 1 unspecified atom stereocenters. The number of aliphatic imine (C=N–C) groups is 1. The summed E-state index contributed by atoms with van der Waals surface area (Å²) in [7, 11) is 0. The van der Waals surface area contributed by atoms with E-state index in [9.17, 15) is 4.39 Å². The van der Waals surface area contributed by atoms with Crippen LogP contribution in [0.2, 0.25) is 5.02 Å². The first-order chi connectivity index (χ1) is 6.66. The van der Waals surface area contributed by atoms with E-state index in [1.807, 2.05) is 0 Å². The first-order valence-corrected chi connectivity index (χ1v) is 4.46. The Hall–Kier alpha value is -1.29. The van der Waals surface area contributed by atoms with E-state index < -0.39 is 5.82 Å². The second-order valence-corrected chi connectivity index (χ2v) is 3.37. The molecule has 0 bridgehead atoms. The maximum Gasteiger partial charge on any atom is 0.282 e. The Kier molecular flexibility index (Phi) is 2.29. The summed E-state index contributed by atoms with van der Waals surface area (Å²) in [6, 6.07) is 4.60. The lowest BCUT2D eigenvalue weighted by atomic mass is 10.1. The highest BCUT2D eigenvalue weighted by atomic mass is 35.5. The number of ether oxygens (including phenoxy) is 1. The lowest BCUT2D eigenvalue weighted by Crippen LogP contribution is -2.13. The third-order valence-corrected chi connectivity index (χ3v) is 2.28. The minimum Gasteiger partial charge on any atom is -0.455 e. The topological polar surface area (TPSA) is 47.6 Å². The Bertz CT molecular complexity index is 394. The number of halogens is 2. The van der Waals surface area contributed by atoms with Gasteiger partial charge in [-0.2, -0.15) is 0 Å². The van der Waals surface area contributed by atoms with Gasteiger partial charge in [-0.3, -0.25) is 0 Å². The Morgan fingerprint density at radius 3 is 2.93 bits per heavy atom. The molecule has 1 heterocycles. The van der Waals surface area contributed by atoms with Gasteiger partial charge in [0.1, 0.15) is 11.9 Å². The van der Waals surface area contributed by atoms with E-state index in [1.54, 1.807) is 6.07 Å². The van der Waals surface area contributed by atoms with Gasteiger partial charge in [0.2, 0.25) is 0 Å². The third kappa shape index (κ3) is 1.65. The molecule has 1 aromatic rings. The first kappa shape index (κ1) is 9.27. The number of nitrogens with zero attached hydrogens (tertiary/aromatic N) is 1. The van der Waals surface area contributed by atoms with Crippen LogP contribution in [0.5, 0.6) is 0 Å². The zero-order chi connectivity index (χ0) is 10.1. The van der Waals surface area contributed by atoms with Gasteiger partial charge in [-0.25, -0.2) is 9.38 Å². The molecule has 0 radical (unpaired) electrons. The molecule has 1 aliphatic heterocycles. The van der Waals surface area contributed by atoms with Crippen molar-refractivity contribution in [3.63, 3.8) is 0 Å². The number of hydrogen-bond donors (Lipinski definition) is 1. The summed E-state index contributed by atoms with van der Waals surface area (Å²) in [6.45, 7) is 0.452. The lowest BCUT2D eigenvalue weighted by Gasteiger charge is -2.10. The minimum absolute atomic E-state index is 0.0802. The maximum absolute atomic E-state index is 12.8. The van der Waals surface area contributed by atoms with Crippen molar-refractivity contribution in [1.29, 1.82) is 0 Å². The summed E-state index contributed by atoms with van der Waals surface area (Å²) < 4.78 is 18.0. The molecule has 1 atom stereocenters. The van der Waals surface area contributed by atoms with E-state index in [0.717, 1.165) is 5.56 Å². The zero-order valence-electron chi connectivity index (χ0n) is 7.21. The van der Waals surface area contributed by atoms with Crippen molar-refractivity contribution < 1.29 is 9.13 Å². The molecular weight excluding hydrogens is 207 g/mol. The van der Waals surface area contributed by atoms with Gasteiger partial charge in [0.25, 0.3) is 6.02 Å². The van der Waals surface area contributed by atoms with Crippen LogP contribution in [0.4, 0.5) is 4.39 Å². The molecule has 0 saturated heterocycles. The van der Waals surface area contributed by atoms with E-state index >= 15 is 0 Å². The number of amidine groups is 1. The molecule has 0 aliphatic carbocycles. The minimum atomic E-state index is -0.442. The molecule has 2 rings (SSSR count). The van der Waals surface area contributed by atoms with Crippen LogP contribution in [-0.4, -0.2) is 12.6 Å². The van der Waals surface area contributed by atoms with Gasteiger partial charge in [-0.05, 0) is 17.7 Å². The third-order valence-electron chi connectivity index (χ3n) is 1.99. The fourth-order valence-corrected chi connectivity index (χ4v) is 1.47. The van der Waals surface area contributed by atoms with Gasteiger partial charge in [0.15, 0.2) is 0 Å². The average Bonchev–Trinajstić information content (AvgIpc) is 2.57. The number of hydrogen-bond acceptors (Lipinski definition) is 3. The highest BCUT2D eigenvalue weighted by molar-refractivity contribution is 6.30. The molecule has 3 nitrogen and oxygen atoms in total. The molecule has 5 heteroatoms. The SMILES string of the molecule is NC1=NCC(c2ccc(F)c(Cl)c2)O1. The van der Waals surface area contributed by atoms with E-state index in [1.165, 1.54) is 12.1 Å². The molecule has 0 spiro atoms. The van der Waals surface area contributed by atoms with Gasteiger partial charge in [0, 0.05) is 0 Å². The largest absolute Gasteiger partial charge is 0.455 e. The van der Waals surface area contributed by atoms with Crippen molar-refractivity contribution in [2.75, 3.05) is 6.54 Å². The van der Waals surface area contributed by atoms with Crippen LogP contribution in [0.25, 0.3) is 0 Å². The monoisotopic (exact) mass is 214 g/mol. The smallest absolute Gasteiger partial charge is 0.282 e. The number of benzene rings is 1. The quantitative estimate of drug-likeness (QED) is 0.776. The molecular formula is C9H8ClFN2O. The standard InChI is InChI=1S/C9H8ClFN2O/c10-6-3-5(1-2-7(6)11)8-4-13-9(12)14-8/h1-3,8H,4H2,(H2,12,13). The summed E-state index contributed by atoms with van der Waals surface area (Å²) in [5.41, 5.74) is 6.13. The van der Waals surface area contributed by atoms with Gasteiger partial charge < -0.3 is 10.5 Å². The van der Waals surface area contributed by atoms with Gasteiger partial charge in [-0.1, -0.05) is 17.7 Å². The van der Waals surface area contributed by atoms with Crippen molar-refractivity contribution in [3.8, 4) is 0 Å². The predicted octanol–water partition coefficient (Wildman–Crippen LogP) is 1.87. The summed E-state index contributed by atoms with van der Waals surface area (Å²) in [5.74, 6) is -0.442. The summed E-state index contributed by atoms with van der Waals surface area (Å²) in [6.07, 6.45) is -0.243. The van der Waals surface area contributed by atoms with Crippen molar-refractivity contribution >= 4 is 17.6 Å². The zero-order valence-corrected chi connectivity index (χ0v) is 7.96. The molecule has 0 saturated carbocycles. The van der Waals surface area contributed by atoms with Crippen LogP contribution in [0.1, 0.15) is 11.7 Å². The van der Waals surface area contributed by atoms with E-state index in [4.69, 9.17) is 22.1 Å². The molecule has 74 valence electrons. The second-order valence-electron chi connectivity index (χ2n) is 2.96. The first-order valence-electron chi connectivity index (χ1n) is 4.08. The Labute approximate surface area is 85.3 Å². The van der Waals surface area contributed by atoms with E-state index in [2.05, 4.69) is 4.99 Å². The highest BCUT2D eigenvalue weighted by Crippen LogP contribution is 2.25. The van der Waals surface area contributed by atoms with Crippen LogP contribution in [0, 0.1) is 5.82 Å². The highest BCUT2D eigenvalue weighted by Gasteiger charge is 2.20.